The molecule has 31 heavy (non-hydrogen) atoms. The molecule has 0 saturated carbocycles. The normalized spacial score (nSPS) is 13.6. The highest BCUT2D eigenvalue weighted by Gasteiger charge is 2.34. The Labute approximate surface area is 188 Å². The molecule has 2 heterocycles. The molecule has 0 atom stereocenters. The van der Waals surface area contributed by atoms with Crippen LogP contribution in [0.2, 0.25) is 0 Å². The highest BCUT2D eigenvalue weighted by Crippen LogP contribution is 2.38. The second kappa shape index (κ2) is 9.99. The van der Waals surface area contributed by atoms with Crippen molar-refractivity contribution in [3.05, 3.63) is 33.5 Å². The molecule has 11 heteroatoms. The van der Waals surface area contributed by atoms with Crippen molar-refractivity contribution in [2.75, 3.05) is 18.5 Å². The number of hydrogen-bond acceptors (Lipinski definition) is 5. The number of nitrogens with zero attached hydrogens (tertiary/aromatic N) is 2. The van der Waals surface area contributed by atoms with Crippen LogP contribution in [-0.2, 0) is 30.3 Å². The van der Waals surface area contributed by atoms with Crippen LogP contribution >= 0.6 is 23.6 Å². The summed E-state index contributed by atoms with van der Waals surface area (Å²) in [5.74, 6) is -0.346. The van der Waals surface area contributed by atoms with E-state index in [1.54, 1.807) is 13.8 Å². The lowest BCUT2D eigenvalue weighted by atomic mass is 9.95. The quantitative estimate of drug-likeness (QED) is 0.344. The van der Waals surface area contributed by atoms with Crippen molar-refractivity contribution in [2.24, 2.45) is 0 Å². The molecule has 0 amide bonds. The molecule has 0 aromatic carbocycles. The smallest absolute Gasteiger partial charge is 0.435 e. The molecule has 6 nitrogen and oxygen atoms in total. The van der Waals surface area contributed by atoms with Crippen molar-refractivity contribution < 1.29 is 22.7 Å². The summed E-state index contributed by atoms with van der Waals surface area (Å²) in [4.78, 5) is 13.7. The van der Waals surface area contributed by atoms with Gasteiger partial charge in [-0.2, -0.15) is 18.3 Å². The Morgan fingerprint density at radius 3 is 2.77 bits per heavy atom. The largest absolute Gasteiger partial charge is 0.462 e. The number of halogens is 3. The molecule has 0 radical (unpaired) electrons. The number of thiophene rings is 1. The molecular weight excluding hydrogens is 449 g/mol. The maximum absolute atomic E-state index is 12.8. The standard InChI is InChI=1S/C20H25F3N4O2S2/c1-3-29-18(28)16-13-7-4-5-8-14(13)31-17(16)25-19(30)24-9-6-10-27-12(2)11-15(26-27)20(21,22)23/h11H,3-10H2,1-2H3,(H2,24,25,30). The van der Waals surface area contributed by atoms with Crippen molar-refractivity contribution in [1.82, 2.24) is 15.1 Å². The number of carbonyl (C=O) groups excluding carboxylic acids is 1. The summed E-state index contributed by atoms with van der Waals surface area (Å²) in [6.45, 7) is 4.45. The van der Waals surface area contributed by atoms with Gasteiger partial charge in [0, 0.05) is 23.7 Å². The van der Waals surface area contributed by atoms with Crippen molar-refractivity contribution in [3.63, 3.8) is 0 Å². The maximum Gasteiger partial charge on any atom is 0.435 e. The van der Waals surface area contributed by atoms with E-state index in [1.807, 2.05) is 0 Å². The van der Waals surface area contributed by atoms with E-state index in [0.717, 1.165) is 37.3 Å². The SMILES string of the molecule is CCOC(=O)c1c(NC(=S)NCCCn2nc(C(F)(F)F)cc2C)sc2c1CCCC2. The number of fused-ring (bicyclic) bond motifs is 1. The fourth-order valence-electron chi connectivity index (χ4n) is 3.53. The Hall–Kier alpha value is -2.14. The first-order chi connectivity index (χ1) is 14.7. The zero-order valence-electron chi connectivity index (χ0n) is 17.4. The molecule has 0 spiro atoms. The molecule has 1 aliphatic carbocycles. The number of rotatable bonds is 7. The van der Waals surface area contributed by atoms with Gasteiger partial charge in [0.25, 0.3) is 0 Å². The van der Waals surface area contributed by atoms with Crippen LogP contribution in [0.25, 0.3) is 0 Å². The molecule has 0 bridgehead atoms. The summed E-state index contributed by atoms with van der Waals surface area (Å²) < 4.78 is 44.9. The predicted molar refractivity (Wildman–Crippen MR) is 118 cm³/mol. The number of anilines is 1. The van der Waals surface area contributed by atoms with Crippen molar-refractivity contribution in [2.45, 2.75) is 58.7 Å². The maximum atomic E-state index is 12.8. The van der Waals surface area contributed by atoms with Gasteiger partial charge in [-0.3, -0.25) is 4.68 Å². The van der Waals surface area contributed by atoms with Crippen LogP contribution in [0, 0.1) is 6.92 Å². The molecular formula is C20H25F3N4O2S2. The third kappa shape index (κ3) is 5.76. The summed E-state index contributed by atoms with van der Waals surface area (Å²) in [7, 11) is 0. The predicted octanol–water partition coefficient (Wildman–Crippen LogP) is 4.70. The van der Waals surface area contributed by atoms with E-state index in [2.05, 4.69) is 15.7 Å². The first-order valence-electron chi connectivity index (χ1n) is 10.2. The molecule has 0 saturated heterocycles. The van der Waals surface area contributed by atoms with Gasteiger partial charge in [0.15, 0.2) is 10.8 Å². The van der Waals surface area contributed by atoms with E-state index < -0.39 is 11.9 Å². The average molecular weight is 475 g/mol. The number of carbonyl (C=O) groups is 1. The minimum atomic E-state index is -4.45. The number of nitrogens with one attached hydrogen (secondary N) is 2. The van der Waals surface area contributed by atoms with Gasteiger partial charge in [-0.25, -0.2) is 4.79 Å². The van der Waals surface area contributed by atoms with Crippen molar-refractivity contribution >= 4 is 39.6 Å². The van der Waals surface area contributed by atoms with Crippen LogP contribution < -0.4 is 10.6 Å². The fourth-order valence-corrected chi connectivity index (χ4v) is 5.08. The average Bonchev–Trinajstić information content (AvgIpc) is 3.25. The summed E-state index contributed by atoms with van der Waals surface area (Å²) in [5, 5.41) is 10.8. The van der Waals surface area contributed by atoms with Crippen LogP contribution in [0.4, 0.5) is 18.2 Å². The van der Waals surface area contributed by atoms with Crippen LogP contribution in [0.5, 0.6) is 0 Å². The number of aryl methyl sites for hydroxylation is 3. The molecule has 0 fully saturated rings. The zero-order valence-corrected chi connectivity index (χ0v) is 19.0. The van der Waals surface area contributed by atoms with Gasteiger partial charge in [0.2, 0.25) is 0 Å². The highest BCUT2D eigenvalue weighted by molar-refractivity contribution is 7.80. The topological polar surface area (TPSA) is 68.2 Å². The minimum absolute atomic E-state index is 0.300. The summed E-state index contributed by atoms with van der Waals surface area (Å²) in [5.41, 5.74) is 1.19. The van der Waals surface area contributed by atoms with Crippen molar-refractivity contribution in [3.8, 4) is 0 Å². The molecule has 0 unspecified atom stereocenters. The highest BCUT2D eigenvalue weighted by atomic mass is 32.1. The second-order valence-corrected chi connectivity index (χ2v) is 8.78. The number of hydrogen-bond donors (Lipinski definition) is 2. The number of esters is 1. The van der Waals surface area contributed by atoms with Crippen LogP contribution in [-0.4, -0.2) is 34.0 Å². The lowest BCUT2D eigenvalue weighted by molar-refractivity contribution is -0.141. The summed E-state index contributed by atoms with van der Waals surface area (Å²) in [6, 6.07) is 1.04. The third-order valence-electron chi connectivity index (χ3n) is 4.98. The molecule has 2 aromatic heterocycles. The minimum Gasteiger partial charge on any atom is -0.462 e. The molecule has 170 valence electrons. The number of thiocarbonyl (C=S) groups is 1. The van der Waals surface area contributed by atoms with Gasteiger partial charge in [-0.1, -0.05) is 0 Å². The first-order valence-corrected chi connectivity index (χ1v) is 11.4. The van der Waals surface area contributed by atoms with Crippen LogP contribution in [0.15, 0.2) is 6.07 Å². The Morgan fingerprint density at radius 1 is 1.35 bits per heavy atom. The van der Waals surface area contributed by atoms with Crippen molar-refractivity contribution in [1.29, 1.82) is 0 Å². The third-order valence-corrected chi connectivity index (χ3v) is 6.44. The molecule has 1 aliphatic rings. The van der Waals surface area contributed by atoms with E-state index in [4.69, 9.17) is 17.0 Å². The molecule has 0 aliphatic heterocycles. The Kier molecular flexibility index (Phi) is 7.58. The Bertz CT molecular complexity index is 953. The van der Waals surface area contributed by atoms with E-state index in [0.29, 0.717) is 47.5 Å². The van der Waals surface area contributed by atoms with Gasteiger partial charge in [-0.15, -0.1) is 11.3 Å². The van der Waals surface area contributed by atoms with E-state index in [9.17, 15) is 18.0 Å². The zero-order chi connectivity index (χ0) is 22.6. The second-order valence-electron chi connectivity index (χ2n) is 7.26. The number of aromatic nitrogens is 2. The van der Waals surface area contributed by atoms with Crippen LogP contribution in [0.1, 0.15) is 58.4 Å². The van der Waals surface area contributed by atoms with Gasteiger partial charge in [0.1, 0.15) is 5.00 Å². The Balaban J connectivity index is 1.56. The molecule has 2 N–H and O–H groups in total. The summed E-state index contributed by atoms with van der Waals surface area (Å²) >= 11 is 6.88. The molecule has 3 rings (SSSR count). The van der Waals surface area contributed by atoms with Gasteiger partial charge >= 0.3 is 12.1 Å². The van der Waals surface area contributed by atoms with E-state index >= 15 is 0 Å². The summed E-state index contributed by atoms with van der Waals surface area (Å²) in [6.07, 6.45) is 0.0218. The monoisotopic (exact) mass is 474 g/mol. The van der Waals surface area contributed by atoms with Gasteiger partial charge < -0.3 is 15.4 Å². The molecule has 2 aromatic rings. The number of ether oxygens (including phenoxy) is 1. The van der Waals surface area contributed by atoms with Gasteiger partial charge in [0.05, 0.1) is 12.2 Å². The fraction of sp³-hybridized carbons (Fsp3) is 0.550. The lowest BCUT2D eigenvalue weighted by Gasteiger charge is -2.13. The Morgan fingerprint density at radius 2 is 2.10 bits per heavy atom. The first kappa shape index (κ1) is 23.5. The van der Waals surface area contributed by atoms with E-state index in [-0.39, 0.29) is 5.97 Å². The van der Waals surface area contributed by atoms with Gasteiger partial charge in [-0.05, 0) is 69.8 Å². The number of alkyl halides is 3. The van der Waals surface area contributed by atoms with E-state index in [1.165, 1.54) is 20.9 Å². The lowest BCUT2D eigenvalue weighted by Crippen LogP contribution is -2.30. The van der Waals surface area contributed by atoms with Crippen LogP contribution in [0.3, 0.4) is 0 Å².